The van der Waals surface area contributed by atoms with E-state index in [1.54, 1.807) is 23.5 Å². The molecule has 1 nitrogen and oxygen atoms in total. The van der Waals surface area contributed by atoms with Crippen LogP contribution in [0.3, 0.4) is 0 Å². The van der Waals surface area contributed by atoms with E-state index in [-0.39, 0.29) is 16.9 Å². The first-order valence-corrected chi connectivity index (χ1v) is 7.97. The van der Waals surface area contributed by atoms with Gasteiger partial charge in [-0.1, -0.05) is 24.6 Å². The maximum atomic E-state index is 13.3. The summed E-state index contributed by atoms with van der Waals surface area (Å²) >= 11 is 7.71. The van der Waals surface area contributed by atoms with Crippen molar-refractivity contribution in [2.75, 3.05) is 6.54 Å². The first kappa shape index (κ1) is 15.5. The van der Waals surface area contributed by atoms with Crippen LogP contribution in [0.25, 0.3) is 0 Å². The molecule has 0 saturated heterocycles. The Labute approximate surface area is 128 Å². The fourth-order valence-corrected chi connectivity index (χ4v) is 3.48. The highest BCUT2D eigenvalue weighted by Gasteiger charge is 2.18. The van der Waals surface area contributed by atoms with E-state index < -0.39 is 0 Å². The van der Waals surface area contributed by atoms with Gasteiger partial charge in [-0.2, -0.15) is 0 Å². The minimum Gasteiger partial charge on any atom is -0.306 e. The molecule has 0 radical (unpaired) electrons. The number of aryl methyl sites for hydroxylation is 2. The maximum absolute atomic E-state index is 13.3. The van der Waals surface area contributed by atoms with Gasteiger partial charge in [-0.15, -0.1) is 11.3 Å². The van der Waals surface area contributed by atoms with Crippen molar-refractivity contribution in [3.8, 4) is 0 Å². The summed E-state index contributed by atoms with van der Waals surface area (Å²) in [7, 11) is 0. The Morgan fingerprint density at radius 2 is 2.05 bits per heavy atom. The molecule has 1 heterocycles. The highest BCUT2D eigenvalue weighted by atomic mass is 35.5. The van der Waals surface area contributed by atoms with Gasteiger partial charge in [0.1, 0.15) is 5.82 Å². The first-order chi connectivity index (χ1) is 9.52. The van der Waals surface area contributed by atoms with Crippen LogP contribution in [0.5, 0.6) is 0 Å². The minimum atomic E-state index is -0.372. The Morgan fingerprint density at radius 3 is 2.60 bits per heavy atom. The molecule has 0 bridgehead atoms. The molecule has 0 fully saturated rings. The molecule has 1 atom stereocenters. The van der Waals surface area contributed by atoms with E-state index in [4.69, 9.17) is 11.6 Å². The van der Waals surface area contributed by atoms with Gasteiger partial charge in [0, 0.05) is 9.75 Å². The summed E-state index contributed by atoms with van der Waals surface area (Å²) in [5.41, 5.74) is 2.26. The van der Waals surface area contributed by atoms with E-state index >= 15 is 0 Å². The molecule has 4 heteroatoms. The van der Waals surface area contributed by atoms with E-state index in [0.717, 1.165) is 18.5 Å². The summed E-state index contributed by atoms with van der Waals surface area (Å²) < 4.78 is 13.3. The third kappa shape index (κ3) is 3.40. The summed E-state index contributed by atoms with van der Waals surface area (Å²) in [6.07, 6.45) is 1.05. The van der Waals surface area contributed by atoms with Crippen LogP contribution in [0.1, 0.15) is 40.3 Å². The van der Waals surface area contributed by atoms with Crippen LogP contribution in [0.15, 0.2) is 24.3 Å². The molecule has 0 aliphatic heterocycles. The molecule has 0 aliphatic rings. The fraction of sp³-hybridized carbons (Fsp3) is 0.375. The quantitative estimate of drug-likeness (QED) is 0.795. The minimum absolute atomic E-state index is 0.0676. The molecule has 108 valence electrons. The van der Waals surface area contributed by atoms with Gasteiger partial charge in [-0.25, -0.2) is 4.39 Å². The van der Waals surface area contributed by atoms with Crippen LogP contribution in [-0.4, -0.2) is 6.54 Å². The van der Waals surface area contributed by atoms with Crippen molar-refractivity contribution in [3.63, 3.8) is 0 Å². The molecule has 1 N–H and O–H groups in total. The van der Waals surface area contributed by atoms with Gasteiger partial charge in [0.2, 0.25) is 0 Å². The molecule has 0 aliphatic carbocycles. The molecular weight excluding hydrogens is 293 g/mol. The van der Waals surface area contributed by atoms with Crippen LogP contribution in [0, 0.1) is 19.7 Å². The van der Waals surface area contributed by atoms with Gasteiger partial charge >= 0.3 is 0 Å². The molecule has 0 saturated carbocycles. The number of rotatable bonds is 5. The Bertz CT molecular complexity index is 594. The molecule has 1 aromatic carbocycles. The zero-order valence-electron chi connectivity index (χ0n) is 12.0. The Kier molecular flexibility index (Phi) is 5.19. The third-order valence-electron chi connectivity index (χ3n) is 3.27. The zero-order chi connectivity index (χ0) is 14.7. The molecule has 2 aromatic rings. The van der Waals surface area contributed by atoms with Gasteiger partial charge in [0.25, 0.3) is 0 Å². The van der Waals surface area contributed by atoms with Crippen molar-refractivity contribution in [1.82, 2.24) is 5.32 Å². The van der Waals surface area contributed by atoms with Crippen molar-refractivity contribution >= 4 is 22.9 Å². The van der Waals surface area contributed by atoms with Crippen molar-refractivity contribution in [3.05, 3.63) is 56.0 Å². The summed E-state index contributed by atoms with van der Waals surface area (Å²) in [6, 6.07) is 7.23. The van der Waals surface area contributed by atoms with E-state index in [9.17, 15) is 4.39 Å². The van der Waals surface area contributed by atoms with Crippen molar-refractivity contribution in [2.45, 2.75) is 33.2 Å². The number of nitrogens with one attached hydrogen (secondary N) is 1. The zero-order valence-corrected chi connectivity index (χ0v) is 13.5. The molecule has 0 spiro atoms. The van der Waals surface area contributed by atoms with Crippen molar-refractivity contribution < 1.29 is 4.39 Å². The normalized spacial score (nSPS) is 12.7. The van der Waals surface area contributed by atoms with E-state index in [1.165, 1.54) is 21.4 Å². The van der Waals surface area contributed by atoms with Gasteiger partial charge in [0.15, 0.2) is 0 Å². The lowest BCUT2D eigenvalue weighted by Crippen LogP contribution is -2.23. The topological polar surface area (TPSA) is 12.0 Å². The molecule has 20 heavy (non-hydrogen) atoms. The Hall–Kier alpha value is -0.900. The lowest BCUT2D eigenvalue weighted by Gasteiger charge is -2.19. The van der Waals surface area contributed by atoms with E-state index in [0.29, 0.717) is 0 Å². The average Bonchev–Trinajstić information content (AvgIpc) is 2.73. The third-order valence-corrected chi connectivity index (χ3v) is 4.54. The van der Waals surface area contributed by atoms with Gasteiger partial charge in [0.05, 0.1) is 11.1 Å². The Balaban J connectivity index is 2.41. The second-order valence-electron chi connectivity index (χ2n) is 4.93. The predicted molar refractivity (Wildman–Crippen MR) is 85.3 cm³/mol. The molecule has 2 rings (SSSR count). The summed E-state index contributed by atoms with van der Waals surface area (Å²) in [4.78, 5) is 2.57. The summed E-state index contributed by atoms with van der Waals surface area (Å²) in [5.74, 6) is -0.372. The first-order valence-electron chi connectivity index (χ1n) is 6.78. The SMILES string of the molecule is CCCNC(c1ccc(F)c(Cl)c1)c1cc(C)sc1C. The summed E-state index contributed by atoms with van der Waals surface area (Å²) in [6.45, 7) is 7.27. The maximum Gasteiger partial charge on any atom is 0.141 e. The number of thiophene rings is 1. The van der Waals surface area contributed by atoms with Gasteiger partial charge in [-0.3, -0.25) is 0 Å². The number of benzene rings is 1. The number of halogens is 2. The lowest BCUT2D eigenvalue weighted by molar-refractivity contribution is 0.592. The number of hydrogen-bond donors (Lipinski definition) is 1. The van der Waals surface area contributed by atoms with Crippen LogP contribution in [0.4, 0.5) is 4.39 Å². The van der Waals surface area contributed by atoms with Crippen LogP contribution >= 0.6 is 22.9 Å². The molecule has 0 amide bonds. The van der Waals surface area contributed by atoms with E-state index in [2.05, 4.69) is 32.2 Å². The van der Waals surface area contributed by atoms with Crippen LogP contribution in [0.2, 0.25) is 5.02 Å². The van der Waals surface area contributed by atoms with Crippen LogP contribution < -0.4 is 5.32 Å². The second-order valence-corrected chi connectivity index (χ2v) is 6.80. The number of hydrogen-bond acceptors (Lipinski definition) is 2. The van der Waals surface area contributed by atoms with E-state index in [1.807, 2.05) is 0 Å². The van der Waals surface area contributed by atoms with Crippen molar-refractivity contribution in [2.24, 2.45) is 0 Å². The van der Waals surface area contributed by atoms with Crippen molar-refractivity contribution in [1.29, 1.82) is 0 Å². The molecular formula is C16H19ClFNS. The van der Waals surface area contributed by atoms with Gasteiger partial charge < -0.3 is 5.32 Å². The molecule has 1 unspecified atom stereocenters. The monoisotopic (exact) mass is 311 g/mol. The summed E-state index contributed by atoms with van der Waals surface area (Å²) in [5, 5.41) is 3.70. The fourth-order valence-electron chi connectivity index (χ4n) is 2.33. The molecule has 1 aromatic heterocycles. The smallest absolute Gasteiger partial charge is 0.141 e. The highest BCUT2D eigenvalue weighted by molar-refractivity contribution is 7.12. The average molecular weight is 312 g/mol. The van der Waals surface area contributed by atoms with Crippen LogP contribution in [-0.2, 0) is 0 Å². The second kappa shape index (κ2) is 6.70. The van der Waals surface area contributed by atoms with Gasteiger partial charge in [-0.05, 0) is 56.1 Å². The highest BCUT2D eigenvalue weighted by Crippen LogP contribution is 2.32. The predicted octanol–water partition coefficient (Wildman–Crippen LogP) is 5.25. The largest absolute Gasteiger partial charge is 0.306 e. The Morgan fingerprint density at radius 1 is 1.30 bits per heavy atom. The standard InChI is InChI=1S/C16H19ClFNS/c1-4-7-19-16(13-8-10(2)20-11(13)3)12-5-6-15(18)14(17)9-12/h5-6,8-9,16,19H,4,7H2,1-3H3. The lowest BCUT2D eigenvalue weighted by atomic mass is 9.99.